The number of benzene rings is 1. The summed E-state index contributed by atoms with van der Waals surface area (Å²) in [6, 6.07) is 7.49. The first-order chi connectivity index (χ1) is 8.08. The molecule has 2 aliphatic heterocycles. The standard InChI is InChI=1S/C13H16N2O2/c1-13-6-9(8-4-2-3-5-10(8)16)14-12(13)15-11(17)7-13/h2-5,9,12,14,16H,6-7H2,1H3,(H,15,17)/t9-,12-,13-/m0/s1. The Balaban J connectivity index is 1.87. The molecule has 0 bridgehead atoms. The van der Waals surface area contributed by atoms with Crippen LogP contribution in [0.4, 0.5) is 0 Å². The number of hydrogen-bond acceptors (Lipinski definition) is 3. The first-order valence-corrected chi connectivity index (χ1v) is 5.92. The van der Waals surface area contributed by atoms with Crippen LogP contribution in [0.2, 0.25) is 0 Å². The molecular weight excluding hydrogens is 216 g/mol. The van der Waals surface area contributed by atoms with Gasteiger partial charge in [-0.05, 0) is 12.5 Å². The van der Waals surface area contributed by atoms with Crippen molar-refractivity contribution in [2.45, 2.75) is 32.0 Å². The van der Waals surface area contributed by atoms with Crippen LogP contribution in [0, 0.1) is 5.41 Å². The quantitative estimate of drug-likeness (QED) is 0.683. The molecule has 4 nitrogen and oxygen atoms in total. The molecule has 2 saturated heterocycles. The minimum absolute atomic E-state index is 0.0274. The van der Waals surface area contributed by atoms with Crippen LogP contribution in [-0.4, -0.2) is 17.2 Å². The summed E-state index contributed by atoms with van der Waals surface area (Å²) in [7, 11) is 0. The molecule has 0 aliphatic carbocycles. The molecule has 17 heavy (non-hydrogen) atoms. The number of fused-ring (bicyclic) bond motifs is 1. The lowest BCUT2D eigenvalue weighted by Gasteiger charge is -2.19. The molecule has 2 aliphatic rings. The Morgan fingerprint density at radius 3 is 2.88 bits per heavy atom. The Labute approximate surface area is 100 Å². The Kier molecular flexibility index (Phi) is 2.16. The van der Waals surface area contributed by atoms with Gasteiger partial charge in [0, 0.05) is 23.4 Å². The van der Waals surface area contributed by atoms with Crippen LogP contribution < -0.4 is 10.6 Å². The number of phenols is 1. The van der Waals surface area contributed by atoms with Crippen LogP contribution in [0.1, 0.15) is 31.4 Å². The van der Waals surface area contributed by atoms with Crippen molar-refractivity contribution in [1.82, 2.24) is 10.6 Å². The summed E-state index contributed by atoms with van der Waals surface area (Å²) >= 11 is 0. The third-order valence-corrected chi connectivity index (χ3v) is 3.92. The first kappa shape index (κ1) is 10.6. The fraction of sp³-hybridized carbons (Fsp3) is 0.462. The van der Waals surface area contributed by atoms with Gasteiger partial charge in [0.25, 0.3) is 0 Å². The Morgan fingerprint density at radius 1 is 1.41 bits per heavy atom. The molecule has 3 atom stereocenters. The molecular formula is C13H16N2O2. The fourth-order valence-electron chi connectivity index (χ4n) is 3.00. The third kappa shape index (κ3) is 1.60. The van der Waals surface area contributed by atoms with Gasteiger partial charge in [-0.1, -0.05) is 25.1 Å². The molecule has 1 aromatic rings. The van der Waals surface area contributed by atoms with Crippen LogP contribution in [0.3, 0.4) is 0 Å². The largest absolute Gasteiger partial charge is 0.508 e. The number of carbonyl (C=O) groups is 1. The number of aromatic hydroxyl groups is 1. The normalized spacial score (nSPS) is 35.7. The van der Waals surface area contributed by atoms with Crippen LogP contribution in [-0.2, 0) is 4.79 Å². The van der Waals surface area contributed by atoms with Crippen molar-refractivity contribution >= 4 is 5.91 Å². The van der Waals surface area contributed by atoms with E-state index in [1.807, 2.05) is 18.2 Å². The molecule has 3 rings (SSSR count). The molecule has 0 spiro atoms. The molecule has 1 aromatic carbocycles. The lowest BCUT2D eigenvalue weighted by molar-refractivity contribution is -0.120. The number of nitrogens with one attached hydrogen (secondary N) is 2. The summed E-state index contributed by atoms with van der Waals surface area (Å²) in [5.74, 6) is 0.431. The molecule has 90 valence electrons. The van der Waals surface area contributed by atoms with Crippen LogP contribution in [0.25, 0.3) is 0 Å². The highest BCUT2D eigenvalue weighted by atomic mass is 16.3. The van der Waals surface area contributed by atoms with E-state index in [0.29, 0.717) is 12.2 Å². The van der Waals surface area contributed by atoms with Crippen molar-refractivity contribution < 1.29 is 9.90 Å². The van der Waals surface area contributed by atoms with E-state index in [2.05, 4.69) is 17.6 Å². The fourth-order valence-corrected chi connectivity index (χ4v) is 3.00. The summed E-state index contributed by atoms with van der Waals surface area (Å²) in [4.78, 5) is 11.4. The average molecular weight is 232 g/mol. The third-order valence-electron chi connectivity index (χ3n) is 3.92. The SMILES string of the molecule is C[C@]12CC(=O)N[C@@H]1N[C@H](c1ccccc1O)C2. The topological polar surface area (TPSA) is 61.4 Å². The van der Waals surface area contributed by atoms with Gasteiger partial charge in [0.05, 0.1) is 6.17 Å². The minimum atomic E-state index is -0.0377. The second kappa shape index (κ2) is 3.47. The van der Waals surface area contributed by atoms with Gasteiger partial charge in [-0.3, -0.25) is 10.1 Å². The number of carbonyl (C=O) groups excluding carboxylic acids is 1. The summed E-state index contributed by atoms with van der Waals surface area (Å²) in [5, 5.41) is 16.2. The van der Waals surface area contributed by atoms with E-state index in [-0.39, 0.29) is 23.5 Å². The van der Waals surface area contributed by atoms with Gasteiger partial charge in [-0.2, -0.15) is 0 Å². The number of para-hydroxylation sites is 1. The zero-order chi connectivity index (χ0) is 12.0. The van der Waals surface area contributed by atoms with E-state index in [1.54, 1.807) is 6.07 Å². The Hall–Kier alpha value is -1.55. The van der Waals surface area contributed by atoms with E-state index in [9.17, 15) is 9.90 Å². The second-order valence-corrected chi connectivity index (χ2v) is 5.31. The maximum Gasteiger partial charge on any atom is 0.221 e. The van der Waals surface area contributed by atoms with Gasteiger partial charge in [-0.15, -0.1) is 0 Å². The highest BCUT2D eigenvalue weighted by Crippen LogP contribution is 2.46. The van der Waals surface area contributed by atoms with E-state index in [0.717, 1.165) is 12.0 Å². The monoisotopic (exact) mass is 232 g/mol. The van der Waals surface area contributed by atoms with Crippen molar-refractivity contribution in [2.75, 3.05) is 0 Å². The predicted octanol–water partition coefficient (Wildman–Crippen LogP) is 1.28. The molecule has 0 aromatic heterocycles. The molecule has 0 unspecified atom stereocenters. The van der Waals surface area contributed by atoms with E-state index < -0.39 is 0 Å². The van der Waals surface area contributed by atoms with Crippen molar-refractivity contribution in [2.24, 2.45) is 5.41 Å². The number of rotatable bonds is 1. The summed E-state index contributed by atoms with van der Waals surface area (Å²) in [6.07, 6.45) is 1.46. The molecule has 0 radical (unpaired) electrons. The van der Waals surface area contributed by atoms with Crippen molar-refractivity contribution in [1.29, 1.82) is 0 Å². The molecule has 3 N–H and O–H groups in total. The molecule has 1 amide bonds. The number of phenolic OH excluding ortho intramolecular Hbond substituents is 1. The van der Waals surface area contributed by atoms with Gasteiger partial charge < -0.3 is 10.4 Å². The van der Waals surface area contributed by atoms with Crippen LogP contribution in [0.15, 0.2) is 24.3 Å². The molecule has 2 fully saturated rings. The Morgan fingerprint density at radius 2 is 2.18 bits per heavy atom. The van der Waals surface area contributed by atoms with Crippen LogP contribution in [0.5, 0.6) is 5.75 Å². The zero-order valence-electron chi connectivity index (χ0n) is 9.73. The maximum absolute atomic E-state index is 11.4. The summed E-state index contributed by atoms with van der Waals surface area (Å²) in [5.41, 5.74) is 0.877. The smallest absolute Gasteiger partial charge is 0.221 e. The first-order valence-electron chi connectivity index (χ1n) is 5.92. The minimum Gasteiger partial charge on any atom is -0.508 e. The highest BCUT2D eigenvalue weighted by Gasteiger charge is 2.50. The number of amides is 1. The highest BCUT2D eigenvalue weighted by molar-refractivity contribution is 5.80. The van der Waals surface area contributed by atoms with Gasteiger partial charge in [0.15, 0.2) is 0 Å². The second-order valence-electron chi connectivity index (χ2n) is 5.31. The van der Waals surface area contributed by atoms with Gasteiger partial charge >= 0.3 is 0 Å². The van der Waals surface area contributed by atoms with Gasteiger partial charge in [-0.25, -0.2) is 0 Å². The lowest BCUT2D eigenvalue weighted by atomic mass is 9.83. The zero-order valence-corrected chi connectivity index (χ0v) is 9.73. The van der Waals surface area contributed by atoms with E-state index in [4.69, 9.17) is 0 Å². The summed E-state index contributed by atoms with van der Waals surface area (Å²) < 4.78 is 0. The maximum atomic E-state index is 11.4. The van der Waals surface area contributed by atoms with E-state index >= 15 is 0 Å². The van der Waals surface area contributed by atoms with Gasteiger partial charge in [0.2, 0.25) is 5.91 Å². The van der Waals surface area contributed by atoms with Crippen molar-refractivity contribution in [3.8, 4) is 5.75 Å². The summed E-state index contributed by atoms with van der Waals surface area (Å²) in [6.45, 7) is 2.11. The molecule has 4 heteroatoms. The van der Waals surface area contributed by atoms with Gasteiger partial charge in [0.1, 0.15) is 5.75 Å². The molecule has 2 heterocycles. The lowest BCUT2D eigenvalue weighted by Crippen LogP contribution is -2.40. The average Bonchev–Trinajstić information content (AvgIpc) is 2.68. The van der Waals surface area contributed by atoms with Crippen LogP contribution >= 0.6 is 0 Å². The van der Waals surface area contributed by atoms with Crippen molar-refractivity contribution in [3.63, 3.8) is 0 Å². The predicted molar refractivity (Wildman–Crippen MR) is 63.3 cm³/mol. The molecule has 0 saturated carbocycles. The van der Waals surface area contributed by atoms with Crippen molar-refractivity contribution in [3.05, 3.63) is 29.8 Å². The van der Waals surface area contributed by atoms with E-state index in [1.165, 1.54) is 0 Å². The Bertz CT molecular complexity index is 474. The number of hydrogen-bond donors (Lipinski definition) is 3.